The second-order valence-electron chi connectivity index (χ2n) is 8.42. The maximum atomic E-state index is 13.5. The van der Waals surface area contributed by atoms with Gasteiger partial charge in [0.05, 0.1) is 5.92 Å². The number of rotatable bonds is 4. The molecule has 1 fully saturated rings. The minimum atomic E-state index is -0.336. The fourth-order valence-electron chi connectivity index (χ4n) is 4.32. The number of nitrogens with two attached hydrogens (primary N) is 1. The van der Waals surface area contributed by atoms with Crippen LogP contribution in [0.5, 0.6) is 0 Å². The van der Waals surface area contributed by atoms with Gasteiger partial charge in [0.25, 0.3) is 0 Å². The molecule has 1 atom stereocenters. The van der Waals surface area contributed by atoms with Gasteiger partial charge in [-0.1, -0.05) is 24.3 Å². The molecule has 0 aliphatic heterocycles. The first-order valence-corrected chi connectivity index (χ1v) is 10.3. The second-order valence-corrected chi connectivity index (χ2v) is 8.42. The molecule has 3 aromatic carbocycles. The molecule has 30 heavy (non-hydrogen) atoms. The highest BCUT2D eigenvalue weighted by atomic mass is 19.1. The van der Waals surface area contributed by atoms with E-state index in [1.165, 1.54) is 12.1 Å². The molecule has 4 nitrogen and oxygen atoms in total. The molecule has 5 heteroatoms. The van der Waals surface area contributed by atoms with E-state index in [1.54, 1.807) is 6.07 Å². The van der Waals surface area contributed by atoms with Crippen molar-refractivity contribution in [1.29, 1.82) is 0 Å². The quantitative estimate of drug-likeness (QED) is 0.420. The molecule has 1 unspecified atom stereocenters. The largest absolute Gasteiger partial charge is 0.354 e. The topological polar surface area (TPSA) is 70.9 Å². The van der Waals surface area contributed by atoms with Crippen LogP contribution in [0.1, 0.15) is 43.2 Å². The summed E-state index contributed by atoms with van der Waals surface area (Å²) in [5.74, 6) is -0.685. The fraction of sp³-hybridized carbons (Fsp3) is 0.240. The molecule has 1 aliphatic carbocycles. The van der Waals surface area contributed by atoms with Crippen LogP contribution in [0.15, 0.2) is 60.7 Å². The van der Waals surface area contributed by atoms with Crippen molar-refractivity contribution in [3.05, 3.63) is 77.6 Å². The number of fused-ring (bicyclic) bond motifs is 3. The normalized spacial score (nSPS) is 16.4. The van der Waals surface area contributed by atoms with Crippen LogP contribution >= 0.6 is 0 Å². The Bertz CT molecular complexity index is 1270. The number of anilines is 1. The molecule has 5 rings (SSSR count). The van der Waals surface area contributed by atoms with Gasteiger partial charge in [-0.25, -0.2) is 4.39 Å². The summed E-state index contributed by atoms with van der Waals surface area (Å²) in [6.45, 7) is 1.89. The van der Waals surface area contributed by atoms with Crippen molar-refractivity contribution >= 4 is 33.4 Å². The summed E-state index contributed by atoms with van der Waals surface area (Å²) in [4.78, 5) is 16.2. The summed E-state index contributed by atoms with van der Waals surface area (Å²) < 4.78 is 13.5. The Labute approximate surface area is 174 Å². The molecule has 1 aromatic heterocycles. The third-order valence-electron chi connectivity index (χ3n) is 6.43. The van der Waals surface area contributed by atoms with Crippen molar-refractivity contribution in [2.24, 2.45) is 5.73 Å². The van der Waals surface area contributed by atoms with E-state index in [0.29, 0.717) is 0 Å². The summed E-state index contributed by atoms with van der Waals surface area (Å²) in [6.07, 6.45) is 3.11. The maximum Gasteiger partial charge on any atom is 0.231 e. The van der Waals surface area contributed by atoms with Crippen LogP contribution in [0, 0.1) is 5.82 Å². The van der Waals surface area contributed by atoms with Gasteiger partial charge in [-0.3, -0.25) is 4.79 Å². The van der Waals surface area contributed by atoms with Gasteiger partial charge >= 0.3 is 0 Å². The highest BCUT2D eigenvalue weighted by molar-refractivity contribution is 6.07. The number of aromatic nitrogens is 1. The molecule has 0 spiro atoms. The number of H-pyrrole nitrogens is 1. The molecule has 1 saturated carbocycles. The SMILES string of the molecule is CC(C(=O)Nc1cccc(C2(N)CCC2)c1)c1ccc2c(c1)[nH]c1cc(F)ccc12. The lowest BCUT2D eigenvalue weighted by molar-refractivity contribution is -0.117. The Morgan fingerprint density at radius 2 is 1.80 bits per heavy atom. The Kier molecular flexibility index (Phi) is 4.36. The lowest BCUT2D eigenvalue weighted by atomic mass is 9.73. The molecule has 0 saturated heterocycles. The summed E-state index contributed by atoms with van der Waals surface area (Å²) >= 11 is 0. The zero-order valence-corrected chi connectivity index (χ0v) is 16.8. The number of halogens is 1. The van der Waals surface area contributed by atoms with Gasteiger partial charge in [0, 0.05) is 33.0 Å². The second kappa shape index (κ2) is 6.96. The third kappa shape index (κ3) is 3.15. The first-order valence-electron chi connectivity index (χ1n) is 10.3. The Balaban J connectivity index is 1.39. The van der Waals surface area contributed by atoms with Gasteiger partial charge in [0.2, 0.25) is 5.91 Å². The lowest BCUT2D eigenvalue weighted by Crippen LogP contribution is -2.43. The van der Waals surface area contributed by atoms with Crippen LogP contribution in [-0.2, 0) is 10.3 Å². The minimum Gasteiger partial charge on any atom is -0.354 e. The van der Waals surface area contributed by atoms with E-state index in [9.17, 15) is 9.18 Å². The van der Waals surface area contributed by atoms with Crippen molar-refractivity contribution in [3.8, 4) is 0 Å². The monoisotopic (exact) mass is 401 g/mol. The van der Waals surface area contributed by atoms with Crippen LogP contribution in [0.25, 0.3) is 21.8 Å². The van der Waals surface area contributed by atoms with E-state index in [1.807, 2.05) is 49.4 Å². The van der Waals surface area contributed by atoms with Crippen LogP contribution in [-0.4, -0.2) is 10.9 Å². The van der Waals surface area contributed by atoms with Crippen LogP contribution in [0.3, 0.4) is 0 Å². The van der Waals surface area contributed by atoms with Crippen LogP contribution < -0.4 is 11.1 Å². The Hall–Kier alpha value is -3.18. The van der Waals surface area contributed by atoms with E-state index in [0.717, 1.165) is 57.9 Å². The highest BCUT2D eigenvalue weighted by Crippen LogP contribution is 2.39. The smallest absolute Gasteiger partial charge is 0.231 e. The molecular weight excluding hydrogens is 377 g/mol. The molecular formula is C25H24FN3O. The van der Waals surface area contributed by atoms with Crippen molar-refractivity contribution < 1.29 is 9.18 Å². The van der Waals surface area contributed by atoms with Crippen molar-refractivity contribution in [1.82, 2.24) is 4.98 Å². The van der Waals surface area contributed by atoms with Gasteiger partial charge in [-0.2, -0.15) is 0 Å². The molecule has 1 heterocycles. The summed E-state index contributed by atoms with van der Waals surface area (Å²) in [6, 6.07) is 18.5. The fourth-order valence-corrected chi connectivity index (χ4v) is 4.32. The first kappa shape index (κ1) is 18.8. The number of carbonyl (C=O) groups excluding carboxylic acids is 1. The molecule has 4 N–H and O–H groups in total. The average Bonchev–Trinajstić information content (AvgIpc) is 3.08. The summed E-state index contributed by atoms with van der Waals surface area (Å²) in [5, 5.41) is 5.02. The van der Waals surface area contributed by atoms with Gasteiger partial charge in [-0.05, 0) is 73.7 Å². The van der Waals surface area contributed by atoms with Crippen molar-refractivity contribution in [2.75, 3.05) is 5.32 Å². The lowest BCUT2D eigenvalue weighted by Gasteiger charge is -2.38. The van der Waals surface area contributed by atoms with E-state index in [4.69, 9.17) is 5.73 Å². The minimum absolute atomic E-state index is 0.0756. The summed E-state index contributed by atoms with van der Waals surface area (Å²) in [7, 11) is 0. The van der Waals surface area contributed by atoms with Crippen LogP contribution in [0.4, 0.5) is 10.1 Å². The zero-order chi connectivity index (χ0) is 20.9. The molecule has 1 aliphatic rings. The predicted molar refractivity (Wildman–Crippen MR) is 119 cm³/mol. The number of amides is 1. The Morgan fingerprint density at radius 3 is 2.53 bits per heavy atom. The number of hydrogen-bond acceptors (Lipinski definition) is 2. The van der Waals surface area contributed by atoms with Gasteiger partial charge in [0.15, 0.2) is 0 Å². The van der Waals surface area contributed by atoms with E-state index >= 15 is 0 Å². The predicted octanol–water partition coefficient (Wildman–Crippen LogP) is 5.54. The first-order chi connectivity index (χ1) is 14.4. The van der Waals surface area contributed by atoms with Crippen molar-refractivity contribution in [2.45, 2.75) is 37.6 Å². The maximum absolute atomic E-state index is 13.5. The van der Waals surface area contributed by atoms with E-state index in [-0.39, 0.29) is 23.2 Å². The number of benzene rings is 3. The molecule has 1 amide bonds. The molecule has 152 valence electrons. The standard InChI is InChI=1S/C25H24FN3O/c1-15(24(30)28-19-5-2-4-17(13-19)25(27)10-3-11-25)16-6-8-20-21-9-7-18(26)14-23(21)29-22(20)12-16/h2,4-9,12-15,29H,3,10-11,27H2,1H3,(H,28,30). The van der Waals surface area contributed by atoms with E-state index < -0.39 is 0 Å². The van der Waals surface area contributed by atoms with Crippen molar-refractivity contribution in [3.63, 3.8) is 0 Å². The van der Waals surface area contributed by atoms with E-state index in [2.05, 4.69) is 10.3 Å². The Morgan fingerprint density at radius 1 is 1.07 bits per heavy atom. The highest BCUT2D eigenvalue weighted by Gasteiger charge is 2.34. The third-order valence-corrected chi connectivity index (χ3v) is 6.43. The molecule has 0 radical (unpaired) electrons. The zero-order valence-electron chi connectivity index (χ0n) is 16.8. The number of nitrogens with one attached hydrogen (secondary N) is 2. The van der Waals surface area contributed by atoms with Gasteiger partial charge in [-0.15, -0.1) is 0 Å². The van der Waals surface area contributed by atoms with Gasteiger partial charge in [0.1, 0.15) is 5.82 Å². The molecule has 4 aromatic rings. The molecule has 0 bridgehead atoms. The van der Waals surface area contributed by atoms with Gasteiger partial charge < -0.3 is 16.0 Å². The number of carbonyl (C=O) groups is 1. The average molecular weight is 401 g/mol. The number of hydrogen-bond donors (Lipinski definition) is 3. The van der Waals surface area contributed by atoms with Crippen LogP contribution in [0.2, 0.25) is 0 Å². The number of aromatic amines is 1. The summed E-state index contributed by atoms with van der Waals surface area (Å²) in [5.41, 5.74) is 10.6.